The zero-order valence-electron chi connectivity index (χ0n) is 13.2. The maximum Gasteiger partial charge on any atom is 0.310 e. The Kier molecular flexibility index (Phi) is 7.79. The number of carboxylic acids is 1. The van der Waals surface area contributed by atoms with Crippen LogP contribution in [-0.2, 0) is 14.3 Å². The molecule has 0 radical (unpaired) electrons. The lowest BCUT2D eigenvalue weighted by atomic mass is 9.82. The summed E-state index contributed by atoms with van der Waals surface area (Å²) in [5, 5.41) is 18.3. The van der Waals surface area contributed by atoms with Crippen LogP contribution in [0.2, 0.25) is 0 Å². The first-order chi connectivity index (χ1) is 9.08. The lowest BCUT2D eigenvalue weighted by molar-refractivity contribution is -0.167. The molecule has 0 saturated carbocycles. The van der Waals surface area contributed by atoms with Gasteiger partial charge in [-0.05, 0) is 46.0 Å². The van der Waals surface area contributed by atoms with Crippen LogP contribution >= 0.6 is 0 Å². The number of hydrogen-bond donors (Lipinski definition) is 2. The Bertz CT molecular complexity index is 317. The normalized spacial score (nSPS) is 14.9. The van der Waals surface area contributed by atoms with Crippen LogP contribution in [0.15, 0.2) is 0 Å². The molecule has 5 nitrogen and oxygen atoms in total. The van der Waals surface area contributed by atoms with E-state index in [-0.39, 0.29) is 12.5 Å². The minimum Gasteiger partial charge on any atom is -0.481 e. The third-order valence-electron chi connectivity index (χ3n) is 2.91. The van der Waals surface area contributed by atoms with Crippen molar-refractivity contribution in [2.24, 2.45) is 17.8 Å². The molecule has 0 rings (SSSR count). The van der Waals surface area contributed by atoms with Crippen molar-refractivity contribution in [1.82, 2.24) is 0 Å². The van der Waals surface area contributed by atoms with Gasteiger partial charge in [-0.2, -0.15) is 0 Å². The van der Waals surface area contributed by atoms with Gasteiger partial charge in [-0.15, -0.1) is 0 Å². The van der Waals surface area contributed by atoms with E-state index in [1.165, 1.54) is 0 Å². The number of carbonyl (C=O) groups is 2. The molecule has 0 aliphatic rings. The minimum atomic E-state index is -0.979. The Hall–Kier alpha value is -1.10. The van der Waals surface area contributed by atoms with Crippen molar-refractivity contribution in [2.75, 3.05) is 6.61 Å². The molecule has 0 aromatic rings. The van der Waals surface area contributed by atoms with E-state index in [1.807, 2.05) is 13.8 Å². The third kappa shape index (κ3) is 7.48. The molecule has 2 atom stereocenters. The van der Waals surface area contributed by atoms with E-state index in [0.29, 0.717) is 19.3 Å². The highest BCUT2D eigenvalue weighted by molar-refractivity contribution is 5.81. The fraction of sp³-hybridized carbons (Fsp3) is 0.867. The molecule has 0 saturated heterocycles. The first-order valence-corrected chi connectivity index (χ1v) is 7.15. The summed E-state index contributed by atoms with van der Waals surface area (Å²) in [7, 11) is 0. The summed E-state index contributed by atoms with van der Waals surface area (Å²) in [6, 6.07) is 0. The van der Waals surface area contributed by atoms with Crippen molar-refractivity contribution in [3.8, 4) is 0 Å². The van der Waals surface area contributed by atoms with Crippen molar-refractivity contribution < 1.29 is 24.5 Å². The van der Waals surface area contributed by atoms with E-state index in [2.05, 4.69) is 0 Å². The smallest absolute Gasteiger partial charge is 0.310 e. The highest BCUT2D eigenvalue weighted by Crippen LogP contribution is 2.28. The molecule has 5 heteroatoms. The van der Waals surface area contributed by atoms with Gasteiger partial charge in [-0.25, -0.2) is 0 Å². The van der Waals surface area contributed by atoms with Gasteiger partial charge in [-0.1, -0.05) is 13.8 Å². The number of aliphatic carboxylic acids is 1. The molecule has 0 aliphatic carbocycles. The monoisotopic (exact) mass is 288 g/mol. The van der Waals surface area contributed by atoms with Gasteiger partial charge in [0.05, 0.1) is 11.8 Å². The first kappa shape index (κ1) is 18.9. The SMILES string of the molecule is CC(C)C[C@@H](C(=O)O)[C@H](CCCO)C(=O)OC(C)(C)C. The van der Waals surface area contributed by atoms with Crippen LogP contribution in [0.5, 0.6) is 0 Å². The van der Waals surface area contributed by atoms with Crippen LogP contribution in [0.4, 0.5) is 0 Å². The van der Waals surface area contributed by atoms with Crippen LogP contribution in [0.25, 0.3) is 0 Å². The summed E-state index contributed by atoms with van der Waals surface area (Å²) in [4.78, 5) is 23.7. The van der Waals surface area contributed by atoms with E-state index in [9.17, 15) is 14.7 Å². The molecule has 0 amide bonds. The summed E-state index contributed by atoms with van der Waals surface area (Å²) in [6.07, 6.45) is 1.14. The Balaban J connectivity index is 5.07. The molecule has 0 aromatic carbocycles. The molecular weight excluding hydrogens is 260 g/mol. The number of ether oxygens (including phenoxy) is 1. The summed E-state index contributed by atoms with van der Waals surface area (Å²) in [6.45, 7) is 9.06. The van der Waals surface area contributed by atoms with Crippen molar-refractivity contribution in [2.45, 2.75) is 59.5 Å². The molecule has 118 valence electrons. The Labute approximate surface area is 121 Å². The summed E-state index contributed by atoms with van der Waals surface area (Å²) >= 11 is 0. The van der Waals surface area contributed by atoms with E-state index in [0.717, 1.165) is 0 Å². The van der Waals surface area contributed by atoms with Crippen molar-refractivity contribution in [3.63, 3.8) is 0 Å². The Morgan fingerprint density at radius 2 is 1.70 bits per heavy atom. The summed E-state index contributed by atoms with van der Waals surface area (Å²) in [5.74, 6) is -2.76. The number of esters is 1. The van der Waals surface area contributed by atoms with Crippen LogP contribution in [-0.4, -0.2) is 34.4 Å². The van der Waals surface area contributed by atoms with E-state index >= 15 is 0 Å². The number of hydrogen-bond acceptors (Lipinski definition) is 4. The molecule has 0 bridgehead atoms. The molecule has 0 spiro atoms. The molecule has 0 unspecified atom stereocenters. The molecule has 0 heterocycles. The van der Waals surface area contributed by atoms with Gasteiger partial charge in [0.1, 0.15) is 5.60 Å². The van der Waals surface area contributed by atoms with Gasteiger partial charge in [0.2, 0.25) is 0 Å². The fourth-order valence-corrected chi connectivity index (χ4v) is 2.12. The molecule has 2 N–H and O–H groups in total. The maximum absolute atomic E-state index is 12.2. The summed E-state index contributed by atoms with van der Waals surface area (Å²) in [5.41, 5.74) is -0.643. The second kappa shape index (κ2) is 8.25. The number of carboxylic acid groups (broad SMARTS) is 1. The number of aliphatic hydroxyl groups is 1. The maximum atomic E-state index is 12.2. The second-order valence-corrected chi connectivity index (χ2v) is 6.58. The van der Waals surface area contributed by atoms with E-state index in [4.69, 9.17) is 9.84 Å². The Morgan fingerprint density at radius 1 is 1.15 bits per heavy atom. The number of rotatable bonds is 8. The van der Waals surface area contributed by atoms with Gasteiger partial charge < -0.3 is 14.9 Å². The van der Waals surface area contributed by atoms with Crippen LogP contribution < -0.4 is 0 Å². The number of carbonyl (C=O) groups excluding carboxylic acids is 1. The topological polar surface area (TPSA) is 83.8 Å². The van der Waals surface area contributed by atoms with Gasteiger partial charge in [0.25, 0.3) is 0 Å². The molecule has 0 fully saturated rings. The van der Waals surface area contributed by atoms with E-state index < -0.39 is 29.4 Å². The van der Waals surface area contributed by atoms with E-state index in [1.54, 1.807) is 20.8 Å². The average molecular weight is 288 g/mol. The van der Waals surface area contributed by atoms with Gasteiger partial charge >= 0.3 is 11.9 Å². The molecule has 20 heavy (non-hydrogen) atoms. The van der Waals surface area contributed by atoms with Gasteiger partial charge in [0, 0.05) is 6.61 Å². The predicted octanol–water partition coefficient (Wildman–Crippen LogP) is 2.46. The van der Waals surface area contributed by atoms with Crippen molar-refractivity contribution in [1.29, 1.82) is 0 Å². The second-order valence-electron chi connectivity index (χ2n) is 6.58. The zero-order valence-corrected chi connectivity index (χ0v) is 13.2. The Morgan fingerprint density at radius 3 is 2.05 bits per heavy atom. The molecule has 0 aliphatic heterocycles. The average Bonchev–Trinajstić information content (AvgIpc) is 2.24. The lowest BCUT2D eigenvalue weighted by Gasteiger charge is -2.28. The first-order valence-electron chi connectivity index (χ1n) is 7.15. The standard InChI is InChI=1S/C15H28O5/c1-10(2)9-12(13(17)18)11(7-6-8-16)14(19)20-15(3,4)5/h10-12,16H,6-9H2,1-5H3,(H,17,18)/t11-,12+/m0/s1. The lowest BCUT2D eigenvalue weighted by Crippen LogP contribution is -2.36. The van der Waals surface area contributed by atoms with Crippen LogP contribution in [0, 0.1) is 17.8 Å². The third-order valence-corrected chi connectivity index (χ3v) is 2.91. The minimum absolute atomic E-state index is 0.0622. The zero-order chi connectivity index (χ0) is 15.9. The summed E-state index contributed by atoms with van der Waals surface area (Å²) < 4.78 is 5.33. The van der Waals surface area contributed by atoms with Crippen molar-refractivity contribution in [3.05, 3.63) is 0 Å². The van der Waals surface area contributed by atoms with Crippen molar-refractivity contribution >= 4 is 11.9 Å². The highest BCUT2D eigenvalue weighted by atomic mass is 16.6. The van der Waals surface area contributed by atoms with Gasteiger partial charge in [-0.3, -0.25) is 9.59 Å². The predicted molar refractivity (Wildman–Crippen MR) is 76.2 cm³/mol. The largest absolute Gasteiger partial charge is 0.481 e. The fourth-order valence-electron chi connectivity index (χ4n) is 2.12. The number of aliphatic hydroxyl groups excluding tert-OH is 1. The van der Waals surface area contributed by atoms with Gasteiger partial charge in [0.15, 0.2) is 0 Å². The quantitative estimate of drug-likeness (QED) is 0.670. The van der Waals surface area contributed by atoms with Crippen LogP contribution in [0.1, 0.15) is 53.9 Å². The molecule has 0 aromatic heterocycles. The molecular formula is C15H28O5. The van der Waals surface area contributed by atoms with Crippen LogP contribution in [0.3, 0.4) is 0 Å². The highest BCUT2D eigenvalue weighted by Gasteiger charge is 2.36.